The zero-order chi connectivity index (χ0) is 21.4. The lowest BCUT2D eigenvalue weighted by Crippen LogP contribution is -2.48. The van der Waals surface area contributed by atoms with Crippen molar-refractivity contribution in [3.05, 3.63) is 59.4 Å². The Bertz CT molecular complexity index is 918. The molecular formula is C18H20ClN3O6S. The Kier molecular flexibility index (Phi) is 8.09. The molecule has 1 fully saturated rings. The number of hydrogen-bond donors (Lipinski definition) is 2. The van der Waals surface area contributed by atoms with Crippen molar-refractivity contribution >= 4 is 33.6 Å². The first kappa shape index (κ1) is 22.8. The number of aliphatic carboxylic acids is 2. The van der Waals surface area contributed by atoms with Gasteiger partial charge in [-0.1, -0.05) is 11.6 Å². The number of halogens is 1. The molecule has 9 nitrogen and oxygen atoms in total. The Morgan fingerprint density at radius 2 is 1.45 bits per heavy atom. The number of carboxylic acids is 2. The standard InChI is InChI=1S/C16H18ClN3O2S.C2H2O4/c17-15-1-3-16(4-2-15)23(21,22)20-11-9-19(10-12-20)13-14-5-7-18-8-6-14;3-1(4)2(5)6/h1-8H,9-13H2;(H,3,4)(H,5,6). The number of sulfonamides is 1. The molecule has 3 rings (SSSR count). The summed E-state index contributed by atoms with van der Waals surface area (Å²) in [4.78, 5) is 24.8. The molecule has 0 amide bonds. The zero-order valence-electron chi connectivity index (χ0n) is 15.3. The maximum atomic E-state index is 12.6. The molecule has 2 N–H and O–H groups in total. The van der Waals surface area contributed by atoms with Gasteiger partial charge in [0.25, 0.3) is 0 Å². The van der Waals surface area contributed by atoms with Crippen molar-refractivity contribution in [2.24, 2.45) is 0 Å². The highest BCUT2D eigenvalue weighted by molar-refractivity contribution is 7.89. The average molecular weight is 442 g/mol. The van der Waals surface area contributed by atoms with Gasteiger partial charge in [-0.15, -0.1) is 0 Å². The summed E-state index contributed by atoms with van der Waals surface area (Å²) in [5, 5.41) is 15.3. The van der Waals surface area contributed by atoms with Crippen LogP contribution in [0.1, 0.15) is 5.56 Å². The van der Waals surface area contributed by atoms with E-state index in [1.807, 2.05) is 12.1 Å². The SMILES string of the molecule is O=C(O)C(=O)O.O=S(=O)(c1ccc(Cl)cc1)N1CCN(Cc2ccncc2)CC1. The molecule has 2 heterocycles. The van der Waals surface area contributed by atoms with E-state index in [4.69, 9.17) is 31.4 Å². The van der Waals surface area contributed by atoms with Gasteiger partial charge in [0.15, 0.2) is 0 Å². The van der Waals surface area contributed by atoms with E-state index in [9.17, 15) is 8.42 Å². The molecule has 1 aliphatic heterocycles. The van der Waals surface area contributed by atoms with Crippen LogP contribution in [0.5, 0.6) is 0 Å². The highest BCUT2D eigenvalue weighted by atomic mass is 35.5. The summed E-state index contributed by atoms with van der Waals surface area (Å²) >= 11 is 5.82. The van der Waals surface area contributed by atoms with Crippen molar-refractivity contribution in [1.82, 2.24) is 14.2 Å². The fraction of sp³-hybridized carbons (Fsp3) is 0.278. The summed E-state index contributed by atoms with van der Waals surface area (Å²) in [6, 6.07) is 10.3. The Balaban J connectivity index is 0.000000438. The summed E-state index contributed by atoms with van der Waals surface area (Å²) < 4.78 is 26.8. The molecule has 1 aromatic carbocycles. The molecule has 0 unspecified atom stereocenters. The predicted octanol–water partition coefficient (Wildman–Crippen LogP) is 1.40. The molecule has 0 radical (unpaired) electrons. The number of rotatable bonds is 4. The number of piperazine rings is 1. The summed E-state index contributed by atoms with van der Waals surface area (Å²) in [5.41, 5.74) is 1.19. The minimum Gasteiger partial charge on any atom is -0.473 e. The fourth-order valence-electron chi connectivity index (χ4n) is 2.63. The van der Waals surface area contributed by atoms with Gasteiger partial charge in [0.05, 0.1) is 4.90 Å². The first-order valence-corrected chi connectivity index (χ1v) is 10.3. The largest absolute Gasteiger partial charge is 0.473 e. The Morgan fingerprint density at radius 3 is 1.93 bits per heavy atom. The number of carbonyl (C=O) groups is 2. The second-order valence-electron chi connectivity index (χ2n) is 6.10. The number of nitrogens with zero attached hydrogens (tertiary/aromatic N) is 3. The van der Waals surface area contributed by atoms with Gasteiger partial charge in [-0.2, -0.15) is 4.31 Å². The maximum absolute atomic E-state index is 12.6. The van der Waals surface area contributed by atoms with Crippen LogP contribution in [0.4, 0.5) is 0 Å². The van der Waals surface area contributed by atoms with E-state index in [0.29, 0.717) is 23.0 Å². The molecule has 2 aromatic rings. The number of carboxylic acid groups (broad SMARTS) is 2. The normalized spacial score (nSPS) is 15.2. The number of pyridine rings is 1. The molecule has 11 heteroatoms. The third kappa shape index (κ3) is 6.79. The molecular weight excluding hydrogens is 422 g/mol. The molecule has 0 atom stereocenters. The fourth-order valence-corrected chi connectivity index (χ4v) is 4.18. The number of aromatic nitrogens is 1. The number of benzene rings is 1. The van der Waals surface area contributed by atoms with Crippen molar-refractivity contribution in [1.29, 1.82) is 0 Å². The average Bonchev–Trinajstić information content (AvgIpc) is 2.70. The van der Waals surface area contributed by atoms with Crippen LogP contribution in [-0.4, -0.2) is 70.9 Å². The van der Waals surface area contributed by atoms with E-state index >= 15 is 0 Å². The van der Waals surface area contributed by atoms with E-state index in [1.165, 1.54) is 5.56 Å². The Labute approximate surface area is 173 Å². The second kappa shape index (κ2) is 10.3. The smallest absolute Gasteiger partial charge is 0.414 e. The minimum absolute atomic E-state index is 0.296. The lowest BCUT2D eigenvalue weighted by molar-refractivity contribution is -0.159. The molecule has 0 saturated carbocycles. The van der Waals surface area contributed by atoms with Crippen LogP contribution < -0.4 is 0 Å². The third-order valence-corrected chi connectivity index (χ3v) is 6.29. The van der Waals surface area contributed by atoms with Crippen molar-refractivity contribution < 1.29 is 28.2 Å². The first-order valence-electron chi connectivity index (χ1n) is 8.53. The highest BCUT2D eigenvalue weighted by Crippen LogP contribution is 2.20. The topological polar surface area (TPSA) is 128 Å². The van der Waals surface area contributed by atoms with Crippen LogP contribution in [0.3, 0.4) is 0 Å². The van der Waals surface area contributed by atoms with Crippen LogP contribution in [0.15, 0.2) is 53.7 Å². The van der Waals surface area contributed by atoms with Gasteiger partial charge in [-0.05, 0) is 42.0 Å². The van der Waals surface area contributed by atoms with Crippen LogP contribution >= 0.6 is 11.6 Å². The Morgan fingerprint density at radius 1 is 0.931 bits per heavy atom. The second-order valence-corrected chi connectivity index (χ2v) is 8.47. The summed E-state index contributed by atoms with van der Waals surface area (Å²) in [6.07, 6.45) is 3.55. The van der Waals surface area contributed by atoms with E-state index in [2.05, 4.69) is 9.88 Å². The highest BCUT2D eigenvalue weighted by Gasteiger charge is 2.28. The van der Waals surface area contributed by atoms with Gasteiger partial charge in [-0.3, -0.25) is 9.88 Å². The molecule has 0 bridgehead atoms. The van der Waals surface area contributed by atoms with E-state index in [0.717, 1.165) is 19.6 Å². The van der Waals surface area contributed by atoms with Crippen molar-refractivity contribution in [2.75, 3.05) is 26.2 Å². The molecule has 1 saturated heterocycles. The van der Waals surface area contributed by atoms with E-state index in [-0.39, 0.29) is 0 Å². The molecule has 1 aliphatic rings. The Hall–Kier alpha value is -2.53. The van der Waals surface area contributed by atoms with Crippen LogP contribution in [0.25, 0.3) is 0 Å². The van der Waals surface area contributed by atoms with E-state index in [1.54, 1.807) is 41.0 Å². The maximum Gasteiger partial charge on any atom is 0.414 e. The van der Waals surface area contributed by atoms with Gasteiger partial charge in [0, 0.05) is 50.1 Å². The summed E-state index contributed by atoms with van der Waals surface area (Å²) in [5.74, 6) is -3.65. The van der Waals surface area contributed by atoms with Gasteiger partial charge in [0.1, 0.15) is 0 Å². The van der Waals surface area contributed by atoms with Crippen molar-refractivity contribution in [3.63, 3.8) is 0 Å². The van der Waals surface area contributed by atoms with E-state index < -0.39 is 22.0 Å². The zero-order valence-corrected chi connectivity index (χ0v) is 16.9. The van der Waals surface area contributed by atoms with Gasteiger partial charge < -0.3 is 10.2 Å². The molecule has 0 aliphatic carbocycles. The molecule has 1 aromatic heterocycles. The van der Waals surface area contributed by atoms with Gasteiger partial charge in [0.2, 0.25) is 10.0 Å². The van der Waals surface area contributed by atoms with Crippen LogP contribution in [0.2, 0.25) is 5.02 Å². The lowest BCUT2D eigenvalue weighted by atomic mass is 10.2. The lowest BCUT2D eigenvalue weighted by Gasteiger charge is -2.34. The van der Waals surface area contributed by atoms with Crippen LogP contribution in [0, 0.1) is 0 Å². The van der Waals surface area contributed by atoms with Crippen molar-refractivity contribution in [3.8, 4) is 0 Å². The van der Waals surface area contributed by atoms with Gasteiger partial charge >= 0.3 is 11.9 Å². The number of hydrogen-bond acceptors (Lipinski definition) is 6. The predicted molar refractivity (Wildman–Crippen MR) is 105 cm³/mol. The molecule has 29 heavy (non-hydrogen) atoms. The summed E-state index contributed by atoms with van der Waals surface area (Å²) in [7, 11) is -3.44. The summed E-state index contributed by atoms with van der Waals surface area (Å²) in [6.45, 7) is 3.24. The van der Waals surface area contributed by atoms with Gasteiger partial charge in [-0.25, -0.2) is 18.0 Å². The third-order valence-electron chi connectivity index (χ3n) is 4.12. The first-order chi connectivity index (χ1) is 13.7. The monoisotopic (exact) mass is 441 g/mol. The van der Waals surface area contributed by atoms with Crippen molar-refractivity contribution in [2.45, 2.75) is 11.4 Å². The minimum atomic E-state index is -3.44. The molecule has 156 valence electrons. The quantitative estimate of drug-likeness (QED) is 0.681. The molecule has 0 spiro atoms. The van der Waals surface area contributed by atoms with Crippen LogP contribution in [-0.2, 0) is 26.2 Å².